The maximum Gasteiger partial charge on any atom is 0.323 e. The Morgan fingerprint density at radius 3 is 2.68 bits per heavy atom. The topological polar surface area (TPSA) is 116 Å². The molecular weight excluding hydrogens is 360 g/mol. The number of nitrogens with zero attached hydrogens (tertiary/aromatic N) is 6. The van der Waals surface area contributed by atoms with Gasteiger partial charge in [-0.25, -0.2) is 0 Å². The molecule has 142 valence electrons. The Morgan fingerprint density at radius 2 is 1.89 bits per heavy atom. The highest BCUT2D eigenvalue weighted by atomic mass is 16.5. The van der Waals surface area contributed by atoms with Gasteiger partial charge in [-0.2, -0.15) is 15.0 Å². The third-order valence-corrected chi connectivity index (χ3v) is 3.71. The van der Waals surface area contributed by atoms with Crippen molar-refractivity contribution in [1.82, 2.24) is 29.7 Å². The van der Waals surface area contributed by atoms with E-state index in [0.717, 1.165) is 17.1 Å². The summed E-state index contributed by atoms with van der Waals surface area (Å²) in [4.78, 5) is 13.0. The second-order valence-electron chi connectivity index (χ2n) is 5.68. The lowest BCUT2D eigenvalue weighted by Gasteiger charge is -2.10. The van der Waals surface area contributed by atoms with Gasteiger partial charge in [-0.1, -0.05) is 6.07 Å². The quantitative estimate of drug-likeness (QED) is 0.477. The minimum absolute atomic E-state index is 0.233. The van der Waals surface area contributed by atoms with Crippen molar-refractivity contribution < 1.29 is 9.15 Å². The molecule has 4 rings (SSSR count). The normalized spacial score (nSPS) is 10.6. The molecule has 0 amide bonds. The van der Waals surface area contributed by atoms with Gasteiger partial charge in [-0.15, -0.1) is 10.2 Å². The van der Waals surface area contributed by atoms with Crippen LogP contribution in [-0.2, 0) is 6.54 Å². The molecule has 0 saturated heterocycles. The lowest BCUT2D eigenvalue weighted by atomic mass is 10.3. The smallest absolute Gasteiger partial charge is 0.323 e. The number of anilines is 3. The first-order valence-electron chi connectivity index (χ1n) is 8.67. The van der Waals surface area contributed by atoms with Crippen molar-refractivity contribution in [1.29, 1.82) is 0 Å². The number of hydrogen-bond donors (Lipinski definition) is 2. The van der Waals surface area contributed by atoms with Gasteiger partial charge in [0.15, 0.2) is 0 Å². The maximum atomic E-state index is 5.46. The van der Waals surface area contributed by atoms with Gasteiger partial charge in [-0.05, 0) is 37.3 Å². The molecule has 0 atom stereocenters. The fourth-order valence-corrected chi connectivity index (χ4v) is 2.47. The summed E-state index contributed by atoms with van der Waals surface area (Å²) in [5, 5.41) is 13.9. The Bertz CT molecular complexity index is 1020. The summed E-state index contributed by atoms with van der Waals surface area (Å²) < 4.78 is 12.6. The van der Waals surface area contributed by atoms with Gasteiger partial charge in [0, 0.05) is 5.69 Å². The summed E-state index contributed by atoms with van der Waals surface area (Å²) in [7, 11) is 0. The second kappa shape index (κ2) is 8.16. The third kappa shape index (κ3) is 4.23. The highest BCUT2D eigenvalue weighted by molar-refractivity contribution is 5.58. The Balaban J connectivity index is 1.55. The summed E-state index contributed by atoms with van der Waals surface area (Å²) in [6, 6.07) is 11.6. The van der Waals surface area contributed by atoms with Crippen LogP contribution >= 0.6 is 0 Å². The molecule has 0 radical (unpaired) electrons. The molecule has 10 nitrogen and oxygen atoms in total. The summed E-state index contributed by atoms with van der Waals surface area (Å²) in [5.41, 5.74) is 1.71. The first kappa shape index (κ1) is 17.5. The minimum Gasteiger partial charge on any atom is -0.467 e. The lowest BCUT2D eigenvalue weighted by Crippen LogP contribution is -2.09. The van der Waals surface area contributed by atoms with E-state index in [1.807, 2.05) is 43.3 Å². The Morgan fingerprint density at radius 1 is 1.04 bits per heavy atom. The van der Waals surface area contributed by atoms with Crippen molar-refractivity contribution in [3.8, 4) is 11.7 Å². The predicted molar refractivity (Wildman–Crippen MR) is 102 cm³/mol. The molecule has 0 aliphatic rings. The van der Waals surface area contributed by atoms with Crippen molar-refractivity contribution in [3.05, 3.63) is 61.1 Å². The first-order valence-corrected chi connectivity index (χ1v) is 8.67. The van der Waals surface area contributed by atoms with E-state index >= 15 is 0 Å². The molecule has 28 heavy (non-hydrogen) atoms. The predicted octanol–water partition coefficient (Wildman–Crippen LogP) is 2.80. The van der Waals surface area contributed by atoms with Gasteiger partial charge in [0.25, 0.3) is 0 Å². The largest absolute Gasteiger partial charge is 0.467 e. The number of hydrogen-bond acceptors (Lipinski definition) is 9. The van der Waals surface area contributed by atoms with Crippen LogP contribution in [0.3, 0.4) is 0 Å². The van der Waals surface area contributed by atoms with Crippen molar-refractivity contribution in [2.24, 2.45) is 0 Å². The molecular formula is C18H18N8O2. The van der Waals surface area contributed by atoms with Crippen LogP contribution in [0.4, 0.5) is 17.6 Å². The van der Waals surface area contributed by atoms with E-state index in [1.165, 1.54) is 0 Å². The average molecular weight is 378 g/mol. The van der Waals surface area contributed by atoms with Crippen LogP contribution in [0.15, 0.2) is 59.7 Å². The van der Waals surface area contributed by atoms with E-state index in [-0.39, 0.29) is 6.01 Å². The van der Waals surface area contributed by atoms with Crippen LogP contribution in [0.2, 0.25) is 0 Å². The van der Waals surface area contributed by atoms with E-state index < -0.39 is 0 Å². The van der Waals surface area contributed by atoms with Crippen LogP contribution < -0.4 is 15.4 Å². The number of furan rings is 1. The van der Waals surface area contributed by atoms with E-state index in [2.05, 4.69) is 35.8 Å². The van der Waals surface area contributed by atoms with Gasteiger partial charge in [0.05, 0.1) is 25.1 Å². The van der Waals surface area contributed by atoms with Crippen molar-refractivity contribution in [2.45, 2.75) is 13.5 Å². The lowest BCUT2D eigenvalue weighted by molar-refractivity contribution is 0.312. The summed E-state index contributed by atoms with van der Waals surface area (Å²) in [5.74, 6) is 1.52. The average Bonchev–Trinajstić information content (AvgIpc) is 3.41. The van der Waals surface area contributed by atoms with Crippen LogP contribution in [-0.4, -0.2) is 36.3 Å². The molecule has 1 aromatic carbocycles. The maximum absolute atomic E-state index is 5.46. The fraction of sp³-hybridized carbons (Fsp3) is 0.167. The number of benzene rings is 1. The fourth-order valence-electron chi connectivity index (χ4n) is 2.47. The monoisotopic (exact) mass is 378 g/mol. The standard InChI is InChI=1S/C18H18N8O2/c1-2-27-18-24-16(19-10-15-7-4-8-28-15)23-17(25-18)22-13-5-3-6-14(9-13)26-11-20-21-12-26/h3-9,11-12H,2,10H2,1H3,(H2,19,22,23,24,25). The highest BCUT2D eigenvalue weighted by Crippen LogP contribution is 2.20. The van der Waals surface area contributed by atoms with E-state index in [0.29, 0.717) is 25.0 Å². The van der Waals surface area contributed by atoms with E-state index in [9.17, 15) is 0 Å². The molecule has 3 aromatic heterocycles. The SMILES string of the molecule is CCOc1nc(NCc2ccco2)nc(Nc2cccc(-n3cnnc3)c2)n1. The molecule has 0 aliphatic heterocycles. The molecule has 0 bridgehead atoms. The zero-order valence-corrected chi connectivity index (χ0v) is 15.1. The van der Waals surface area contributed by atoms with Gasteiger partial charge >= 0.3 is 6.01 Å². The van der Waals surface area contributed by atoms with Gasteiger partial charge < -0.3 is 19.8 Å². The summed E-state index contributed by atoms with van der Waals surface area (Å²) in [6.07, 6.45) is 4.88. The first-order chi connectivity index (χ1) is 13.8. The summed E-state index contributed by atoms with van der Waals surface area (Å²) in [6.45, 7) is 2.77. The van der Waals surface area contributed by atoms with Crippen LogP contribution in [0.1, 0.15) is 12.7 Å². The van der Waals surface area contributed by atoms with E-state index in [4.69, 9.17) is 9.15 Å². The van der Waals surface area contributed by atoms with Crippen LogP contribution in [0, 0.1) is 0 Å². The minimum atomic E-state index is 0.233. The molecule has 2 N–H and O–H groups in total. The van der Waals surface area contributed by atoms with Crippen molar-refractivity contribution in [3.63, 3.8) is 0 Å². The Labute approximate surface area is 160 Å². The summed E-state index contributed by atoms with van der Waals surface area (Å²) >= 11 is 0. The second-order valence-corrected chi connectivity index (χ2v) is 5.68. The van der Waals surface area contributed by atoms with Crippen molar-refractivity contribution >= 4 is 17.6 Å². The number of ether oxygens (including phenoxy) is 1. The number of nitrogens with one attached hydrogen (secondary N) is 2. The van der Waals surface area contributed by atoms with Gasteiger partial charge in [0.2, 0.25) is 11.9 Å². The van der Waals surface area contributed by atoms with Crippen molar-refractivity contribution in [2.75, 3.05) is 17.2 Å². The molecule has 0 saturated carbocycles. The zero-order chi connectivity index (χ0) is 19.2. The highest BCUT2D eigenvalue weighted by Gasteiger charge is 2.09. The third-order valence-electron chi connectivity index (χ3n) is 3.71. The molecule has 0 unspecified atom stereocenters. The van der Waals surface area contributed by atoms with Gasteiger partial charge in [-0.3, -0.25) is 4.57 Å². The number of aromatic nitrogens is 6. The van der Waals surface area contributed by atoms with E-state index in [1.54, 1.807) is 23.5 Å². The molecule has 3 heterocycles. The Kier molecular flexibility index (Phi) is 5.09. The molecule has 0 fully saturated rings. The Hall–Kier alpha value is -3.95. The van der Waals surface area contributed by atoms with Crippen LogP contribution in [0.25, 0.3) is 5.69 Å². The molecule has 10 heteroatoms. The zero-order valence-electron chi connectivity index (χ0n) is 15.1. The number of rotatable bonds is 8. The molecule has 0 aliphatic carbocycles. The molecule has 0 spiro atoms. The van der Waals surface area contributed by atoms with Crippen LogP contribution in [0.5, 0.6) is 6.01 Å². The molecule has 4 aromatic rings. The van der Waals surface area contributed by atoms with Gasteiger partial charge in [0.1, 0.15) is 18.4 Å².